The van der Waals surface area contributed by atoms with Crippen LogP contribution in [0, 0.1) is 12.8 Å². The molecule has 0 N–H and O–H groups in total. The van der Waals surface area contributed by atoms with Crippen LogP contribution in [-0.2, 0) is 9.59 Å². The number of ether oxygens (including phenoxy) is 1. The van der Waals surface area contributed by atoms with Crippen molar-refractivity contribution in [3.8, 4) is 5.75 Å². The van der Waals surface area contributed by atoms with Gasteiger partial charge in [-0.05, 0) is 61.9 Å². The van der Waals surface area contributed by atoms with Crippen LogP contribution in [0.25, 0.3) is 5.57 Å². The number of piperidine rings is 1. The second-order valence-electron chi connectivity index (χ2n) is 8.78. The van der Waals surface area contributed by atoms with Crippen molar-refractivity contribution in [3.63, 3.8) is 0 Å². The number of carbonyl (C=O) groups excluding carboxylic acids is 2. The molecular weight excluding hydrogens is 388 g/mol. The van der Waals surface area contributed by atoms with E-state index in [-0.39, 0.29) is 11.8 Å². The van der Waals surface area contributed by atoms with Gasteiger partial charge in [0.05, 0.1) is 17.9 Å². The number of rotatable bonds is 6. The Balaban J connectivity index is 1.68. The molecule has 5 nitrogen and oxygen atoms in total. The second kappa shape index (κ2) is 8.96. The number of benzene rings is 2. The minimum atomic E-state index is -0.259. The number of imide groups is 1. The summed E-state index contributed by atoms with van der Waals surface area (Å²) in [6, 6.07) is 15.1. The molecule has 0 saturated carbocycles. The number of amides is 2. The molecule has 2 aromatic carbocycles. The van der Waals surface area contributed by atoms with Crippen LogP contribution in [0.5, 0.6) is 5.75 Å². The molecule has 1 saturated heterocycles. The number of nitrogens with zero attached hydrogens (tertiary/aromatic N) is 2. The molecule has 162 valence electrons. The molecule has 1 fully saturated rings. The van der Waals surface area contributed by atoms with Crippen LogP contribution >= 0.6 is 0 Å². The molecule has 2 heterocycles. The molecule has 2 aliphatic rings. The van der Waals surface area contributed by atoms with Crippen LogP contribution in [0.15, 0.2) is 54.2 Å². The normalized spacial score (nSPS) is 17.2. The topological polar surface area (TPSA) is 49.9 Å². The second-order valence-corrected chi connectivity index (χ2v) is 8.78. The van der Waals surface area contributed by atoms with Crippen molar-refractivity contribution in [1.82, 2.24) is 4.90 Å². The van der Waals surface area contributed by atoms with Gasteiger partial charge in [0, 0.05) is 13.1 Å². The van der Waals surface area contributed by atoms with Crippen molar-refractivity contribution in [2.75, 3.05) is 24.6 Å². The quantitative estimate of drug-likeness (QED) is 0.633. The van der Waals surface area contributed by atoms with Gasteiger partial charge in [0.2, 0.25) is 0 Å². The van der Waals surface area contributed by atoms with Crippen molar-refractivity contribution >= 4 is 23.1 Å². The molecule has 0 unspecified atom stereocenters. The Kier molecular flexibility index (Phi) is 6.12. The highest BCUT2D eigenvalue weighted by Crippen LogP contribution is 2.36. The van der Waals surface area contributed by atoms with E-state index in [9.17, 15) is 9.59 Å². The zero-order chi connectivity index (χ0) is 22.0. The van der Waals surface area contributed by atoms with Gasteiger partial charge in [-0.1, -0.05) is 43.7 Å². The molecule has 0 spiro atoms. The summed E-state index contributed by atoms with van der Waals surface area (Å²) in [5, 5.41) is 0. The number of hydrogen-bond acceptors (Lipinski definition) is 4. The zero-order valence-electron chi connectivity index (χ0n) is 18.6. The maximum Gasteiger partial charge on any atom is 0.282 e. The minimum Gasteiger partial charge on any atom is -0.493 e. The summed E-state index contributed by atoms with van der Waals surface area (Å²) in [5.74, 6) is 0.665. The van der Waals surface area contributed by atoms with Crippen LogP contribution < -0.4 is 9.64 Å². The van der Waals surface area contributed by atoms with E-state index in [4.69, 9.17) is 4.74 Å². The third-order valence-corrected chi connectivity index (χ3v) is 5.75. The van der Waals surface area contributed by atoms with Crippen LogP contribution in [0.4, 0.5) is 5.69 Å². The first kappa shape index (κ1) is 21.2. The van der Waals surface area contributed by atoms with E-state index in [1.165, 1.54) is 4.90 Å². The van der Waals surface area contributed by atoms with E-state index in [0.29, 0.717) is 29.5 Å². The van der Waals surface area contributed by atoms with E-state index < -0.39 is 0 Å². The first-order valence-corrected chi connectivity index (χ1v) is 11.1. The summed E-state index contributed by atoms with van der Waals surface area (Å²) in [6.07, 6.45) is 3.23. The van der Waals surface area contributed by atoms with Gasteiger partial charge in [-0.25, -0.2) is 4.90 Å². The molecule has 0 radical (unpaired) electrons. The first-order chi connectivity index (χ1) is 15.0. The zero-order valence-corrected chi connectivity index (χ0v) is 18.6. The number of carbonyl (C=O) groups is 2. The van der Waals surface area contributed by atoms with Gasteiger partial charge in [0.1, 0.15) is 11.4 Å². The highest BCUT2D eigenvalue weighted by molar-refractivity contribution is 6.45. The molecule has 31 heavy (non-hydrogen) atoms. The van der Waals surface area contributed by atoms with E-state index in [1.807, 2.05) is 43.3 Å². The highest BCUT2D eigenvalue weighted by atomic mass is 16.5. The largest absolute Gasteiger partial charge is 0.493 e. The van der Waals surface area contributed by atoms with Gasteiger partial charge >= 0.3 is 0 Å². The Labute approximate surface area is 184 Å². The fraction of sp³-hybridized carbons (Fsp3) is 0.385. The molecule has 0 atom stereocenters. The summed E-state index contributed by atoms with van der Waals surface area (Å²) in [5.41, 5.74) is 3.53. The maximum atomic E-state index is 13.5. The molecule has 2 aromatic rings. The third-order valence-electron chi connectivity index (χ3n) is 5.75. The summed E-state index contributed by atoms with van der Waals surface area (Å²) >= 11 is 0. The third kappa shape index (κ3) is 4.36. The summed E-state index contributed by atoms with van der Waals surface area (Å²) in [7, 11) is 0. The summed E-state index contributed by atoms with van der Waals surface area (Å²) in [6.45, 7) is 8.44. The average molecular weight is 419 g/mol. The van der Waals surface area contributed by atoms with Crippen molar-refractivity contribution < 1.29 is 14.3 Å². The van der Waals surface area contributed by atoms with Crippen molar-refractivity contribution in [1.29, 1.82) is 0 Å². The molecule has 4 rings (SSSR count). The Hall–Kier alpha value is -3.08. The van der Waals surface area contributed by atoms with Crippen LogP contribution in [0.1, 0.15) is 44.2 Å². The van der Waals surface area contributed by atoms with Gasteiger partial charge in [0.15, 0.2) is 0 Å². The lowest BCUT2D eigenvalue weighted by Crippen LogP contribution is -2.37. The standard InChI is InChI=1S/C26H30N2O3/c1-18(2)17-31-22-13-11-21(12-14-22)28-25(29)23(20-9-7-19(3)8-10-20)24(26(28)30)27-15-5-4-6-16-27/h7-14,18H,4-6,15-17H2,1-3H3. The molecular formula is C26H30N2O3. The van der Waals surface area contributed by atoms with Gasteiger partial charge in [-0.15, -0.1) is 0 Å². The van der Waals surface area contributed by atoms with E-state index >= 15 is 0 Å². The van der Waals surface area contributed by atoms with E-state index in [0.717, 1.165) is 49.2 Å². The van der Waals surface area contributed by atoms with E-state index in [2.05, 4.69) is 18.7 Å². The van der Waals surface area contributed by atoms with Gasteiger partial charge < -0.3 is 9.64 Å². The predicted octanol–water partition coefficient (Wildman–Crippen LogP) is 4.80. The Morgan fingerprint density at radius 2 is 1.52 bits per heavy atom. The average Bonchev–Trinajstić information content (AvgIpc) is 3.04. The minimum absolute atomic E-state index is 0.238. The van der Waals surface area contributed by atoms with Crippen LogP contribution in [-0.4, -0.2) is 36.4 Å². The number of likely N-dealkylation sites (tertiary alicyclic amines) is 1. The van der Waals surface area contributed by atoms with Gasteiger partial charge in [0.25, 0.3) is 11.8 Å². The maximum absolute atomic E-state index is 13.5. The van der Waals surface area contributed by atoms with Crippen LogP contribution in [0.3, 0.4) is 0 Å². The van der Waals surface area contributed by atoms with Crippen molar-refractivity contribution in [3.05, 3.63) is 65.4 Å². The monoisotopic (exact) mass is 418 g/mol. The lowest BCUT2D eigenvalue weighted by molar-refractivity contribution is -0.120. The molecule has 0 bridgehead atoms. The predicted molar refractivity (Wildman–Crippen MR) is 123 cm³/mol. The Morgan fingerprint density at radius 3 is 2.13 bits per heavy atom. The van der Waals surface area contributed by atoms with Gasteiger partial charge in [-0.3, -0.25) is 9.59 Å². The summed E-state index contributed by atoms with van der Waals surface area (Å²) < 4.78 is 5.75. The van der Waals surface area contributed by atoms with Gasteiger partial charge in [-0.2, -0.15) is 0 Å². The smallest absolute Gasteiger partial charge is 0.282 e. The molecule has 2 amide bonds. The fourth-order valence-corrected chi connectivity index (χ4v) is 4.10. The molecule has 2 aliphatic heterocycles. The SMILES string of the molecule is Cc1ccc(C2=C(N3CCCCC3)C(=O)N(c3ccc(OCC(C)C)cc3)C2=O)cc1. The summed E-state index contributed by atoms with van der Waals surface area (Å²) in [4.78, 5) is 30.5. The lowest BCUT2D eigenvalue weighted by Gasteiger charge is -2.29. The molecule has 0 aromatic heterocycles. The Morgan fingerprint density at radius 1 is 0.871 bits per heavy atom. The number of aryl methyl sites for hydroxylation is 1. The Bertz CT molecular complexity index is 984. The molecule has 0 aliphatic carbocycles. The number of hydrogen-bond donors (Lipinski definition) is 0. The number of anilines is 1. The van der Waals surface area contributed by atoms with Crippen molar-refractivity contribution in [2.45, 2.75) is 40.0 Å². The van der Waals surface area contributed by atoms with E-state index in [1.54, 1.807) is 12.1 Å². The molecule has 5 heteroatoms. The fourth-order valence-electron chi connectivity index (χ4n) is 4.10. The highest BCUT2D eigenvalue weighted by Gasteiger charge is 2.42. The lowest BCUT2D eigenvalue weighted by atomic mass is 10.0. The van der Waals surface area contributed by atoms with Crippen molar-refractivity contribution in [2.24, 2.45) is 5.92 Å². The first-order valence-electron chi connectivity index (χ1n) is 11.1. The van der Waals surface area contributed by atoms with Crippen LogP contribution in [0.2, 0.25) is 0 Å².